The van der Waals surface area contributed by atoms with Gasteiger partial charge in [-0.3, -0.25) is 38.3 Å². The number of unbranched alkanes of at least 4 members (excludes halogenated alkanes) is 2. The quantitative estimate of drug-likeness (QED) is 0.0666. The number of thiophene rings is 1. The molecule has 1 radical (unpaired) electrons. The third kappa shape index (κ3) is 17.9. The Morgan fingerprint density at radius 2 is 1.07 bits per heavy atom. The fraction of sp³-hybridized carbons (Fsp3) is 0.344. The SMILES string of the molecule is CS(=O)(=O)O.O=C(CCCCCc1ccc(CNC(=O)C2CCCCCC(=O)c3cc4nc(c3)-c3cc(cc(n3)CN3Cc5cccc(n5)-c5cccc(n5)CN(Cc5cccc(n5)-c5cccc(n5)C3)C4)C(=O)N2)s1)ON1C(=O)CCC1=O.[Eu]. The van der Waals surface area contributed by atoms with E-state index in [0.29, 0.717) is 110 Å². The molecular formula is C61H63EuN11O10S2. The number of Topliss-reactive ketones (excluding diaryl/α,β-unsaturated/α-hetero) is 1. The van der Waals surface area contributed by atoms with E-state index < -0.39 is 39.9 Å². The number of rotatable bonds is 10. The molecule has 441 valence electrons. The summed E-state index contributed by atoms with van der Waals surface area (Å²) in [6.45, 7) is 2.50. The van der Waals surface area contributed by atoms with Crippen LogP contribution in [0.2, 0.25) is 0 Å². The second-order valence-electron chi connectivity index (χ2n) is 21.3. The maximum Gasteiger partial charge on any atom is 0.333 e. The van der Waals surface area contributed by atoms with E-state index in [4.69, 9.17) is 39.3 Å². The molecule has 21 nitrogen and oxygen atoms in total. The number of nitrogens with one attached hydrogen (secondary N) is 2. The number of hydrogen-bond donors (Lipinski definition) is 3. The molecule has 5 aliphatic rings. The van der Waals surface area contributed by atoms with Gasteiger partial charge in [-0.25, -0.2) is 34.7 Å². The van der Waals surface area contributed by atoms with Gasteiger partial charge in [-0.1, -0.05) is 43.5 Å². The molecule has 1 fully saturated rings. The van der Waals surface area contributed by atoms with Crippen molar-refractivity contribution in [3.63, 3.8) is 0 Å². The van der Waals surface area contributed by atoms with E-state index >= 15 is 0 Å². The average molecular weight is 1330 g/mol. The van der Waals surface area contributed by atoms with Crippen LogP contribution in [0.3, 0.4) is 0 Å². The molecule has 3 N–H and O–H groups in total. The molecular weight excluding hydrogens is 1260 g/mol. The van der Waals surface area contributed by atoms with Crippen molar-refractivity contribution in [1.29, 1.82) is 0 Å². The van der Waals surface area contributed by atoms with Gasteiger partial charge in [0.1, 0.15) is 6.04 Å². The fourth-order valence-electron chi connectivity index (χ4n) is 10.4. The van der Waals surface area contributed by atoms with Crippen molar-refractivity contribution in [3.8, 4) is 34.2 Å². The van der Waals surface area contributed by atoms with E-state index in [0.717, 1.165) is 74.6 Å². The summed E-state index contributed by atoms with van der Waals surface area (Å²) in [5, 5.41) is 6.76. The number of carbonyl (C=O) groups is 6. The number of ketones is 1. The number of aryl methyl sites for hydroxylation is 1. The summed E-state index contributed by atoms with van der Waals surface area (Å²) >= 11 is 1.59. The van der Waals surface area contributed by atoms with E-state index in [1.807, 2.05) is 91.0 Å². The van der Waals surface area contributed by atoms with Crippen LogP contribution in [-0.4, -0.2) is 105 Å². The van der Waals surface area contributed by atoms with Gasteiger partial charge in [0.25, 0.3) is 27.8 Å². The van der Waals surface area contributed by atoms with Gasteiger partial charge in [0.2, 0.25) is 5.91 Å². The molecule has 0 aromatic carbocycles. The van der Waals surface area contributed by atoms with Crippen LogP contribution >= 0.6 is 11.3 Å². The Bertz CT molecular complexity index is 3630. The third-order valence-corrected chi connectivity index (χ3v) is 15.5. The van der Waals surface area contributed by atoms with Crippen LogP contribution in [0.15, 0.2) is 109 Å². The van der Waals surface area contributed by atoms with Crippen molar-refractivity contribution in [2.24, 2.45) is 0 Å². The normalized spacial score (nSPS) is 17.8. The fourth-order valence-corrected chi connectivity index (χ4v) is 11.4. The Balaban J connectivity index is 0.00000138. The maximum absolute atomic E-state index is 14.8. The Hall–Kier alpha value is -6.77. The Morgan fingerprint density at radius 3 is 1.60 bits per heavy atom. The molecule has 16 bridgehead atoms. The second-order valence-corrected chi connectivity index (χ2v) is 24.0. The Labute approximate surface area is 537 Å². The average Bonchev–Trinajstić information content (AvgIpc) is 4.15. The summed E-state index contributed by atoms with van der Waals surface area (Å²) in [6, 6.07) is 34.1. The molecule has 85 heavy (non-hydrogen) atoms. The van der Waals surface area contributed by atoms with Gasteiger partial charge in [0, 0.05) is 135 Å². The zero-order valence-electron chi connectivity index (χ0n) is 46.7. The number of pyridine rings is 6. The van der Waals surface area contributed by atoms with Gasteiger partial charge in [-0.2, -0.15) is 8.42 Å². The maximum atomic E-state index is 14.8. The Morgan fingerprint density at radius 1 is 0.600 bits per heavy atom. The van der Waals surface area contributed by atoms with Crippen LogP contribution in [0.1, 0.15) is 135 Å². The second kappa shape index (κ2) is 29.1. The first kappa shape index (κ1) is 62.8. The number of aromatic nitrogens is 6. The van der Waals surface area contributed by atoms with Gasteiger partial charge in [-0.15, -0.1) is 16.4 Å². The minimum atomic E-state index is -3.67. The van der Waals surface area contributed by atoms with Crippen molar-refractivity contribution < 1.29 is 96.0 Å². The largest absolute Gasteiger partial charge is 0.349 e. The summed E-state index contributed by atoms with van der Waals surface area (Å²) in [5.41, 5.74) is 9.08. The zero-order chi connectivity index (χ0) is 58.7. The topological polar surface area (TPSA) is 277 Å². The van der Waals surface area contributed by atoms with Crippen molar-refractivity contribution in [2.75, 3.05) is 6.26 Å². The number of hydrogen-bond acceptors (Lipinski definition) is 18. The van der Waals surface area contributed by atoms with Crippen molar-refractivity contribution in [1.82, 2.24) is 55.4 Å². The van der Waals surface area contributed by atoms with Gasteiger partial charge in [0.05, 0.1) is 81.1 Å². The monoisotopic (exact) mass is 1330 g/mol. The molecule has 5 aliphatic heterocycles. The van der Waals surface area contributed by atoms with Crippen LogP contribution in [0.4, 0.5) is 0 Å². The summed E-state index contributed by atoms with van der Waals surface area (Å²) in [6.07, 6.45) is 6.32. The van der Waals surface area contributed by atoms with E-state index in [9.17, 15) is 37.2 Å². The molecule has 1 saturated heterocycles. The predicted octanol–water partition coefficient (Wildman–Crippen LogP) is 7.93. The van der Waals surface area contributed by atoms with Crippen LogP contribution < -0.4 is 10.6 Å². The Kier molecular flexibility index (Phi) is 21.5. The van der Waals surface area contributed by atoms with Crippen molar-refractivity contribution in [2.45, 2.75) is 129 Å². The first-order valence-corrected chi connectivity index (χ1v) is 30.7. The smallest absolute Gasteiger partial charge is 0.333 e. The number of imide groups is 1. The number of amides is 4. The van der Waals surface area contributed by atoms with E-state index in [1.165, 1.54) is 0 Å². The summed E-state index contributed by atoms with van der Waals surface area (Å²) in [5.74, 6) is -2.38. The molecule has 4 amide bonds. The predicted molar refractivity (Wildman–Crippen MR) is 310 cm³/mol. The summed E-state index contributed by atoms with van der Waals surface area (Å²) in [7, 11) is -3.67. The number of carbonyl (C=O) groups excluding carboxylic acids is 6. The molecule has 0 spiro atoms. The van der Waals surface area contributed by atoms with E-state index in [-0.39, 0.29) is 99.8 Å². The molecule has 7 aromatic rings. The number of fused-ring (bicyclic) bond motifs is 2. The zero-order valence-corrected chi connectivity index (χ0v) is 50.8. The van der Waals surface area contributed by atoms with Crippen LogP contribution in [0.5, 0.6) is 0 Å². The van der Waals surface area contributed by atoms with Gasteiger partial charge >= 0.3 is 5.97 Å². The third-order valence-electron chi connectivity index (χ3n) is 14.3. The van der Waals surface area contributed by atoms with Crippen LogP contribution in [0, 0.1) is 49.4 Å². The number of hydroxylamine groups is 2. The molecule has 0 saturated carbocycles. The van der Waals surface area contributed by atoms with Gasteiger partial charge in [-0.05, 0) is 117 Å². The van der Waals surface area contributed by atoms with Crippen molar-refractivity contribution in [3.05, 3.63) is 164 Å². The minimum Gasteiger partial charge on any atom is -0.349 e. The van der Waals surface area contributed by atoms with E-state index in [2.05, 4.69) is 20.4 Å². The van der Waals surface area contributed by atoms with E-state index in [1.54, 1.807) is 29.5 Å². The summed E-state index contributed by atoms with van der Waals surface area (Å²) < 4.78 is 25.9. The summed E-state index contributed by atoms with van der Waals surface area (Å²) in [4.78, 5) is 122. The standard InChI is InChI=1S/C60H59N11O7S.CH4O3S.Eu/c72-55-21-5-2-4-16-52(60(77)61-31-47-24-23-46(79-47)15-3-1-6-22-58(75)78-71-56(73)25-26-57(71)74)68-59(76)39-28-45-37-70-34-42-13-9-19-50(64-42)48-17-7-11-40(62-48)32-69(36-44-27-38(55)29-53(66-44)54(30-39)67-45)33-41-12-8-18-49(63-41)51-20-10-14-43(35-70)65-51;1-5(2,3)4;/h7-14,17-20,23-24,27-30,52H,1-6,15-16,21-22,25-26,31-37H2,(H,61,77)(H,68,76);1H3,(H,2,3,4);. The molecule has 7 aromatic heterocycles. The van der Waals surface area contributed by atoms with Gasteiger partial charge in [0.15, 0.2) is 5.78 Å². The minimum absolute atomic E-state index is 0. The molecule has 12 rings (SSSR count). The first-order valence-electron chi connectivity index (χ1n) is 28.0. The first-order chi connectivity index (χ1) is 40.5. The van der Waals surface area contributed by atoms with Gasteiger partial charge < -0.3 is 15.5 Å². The molecule has 24 heteroatoms. The molecule has 1 unspecified atom stereocenters. The molecule has 0 aliphatic carbocycles. The van der Waals surface area contributed by atoms with Crippen LogP contribution in [-0.2, 0) is 86.4 Å². The molecule has 1 atom stereocenters. The molecule has 12 heterocycles. The number of nitrogens with zero attached hydrogens (tertiary/aromatic N) is 9. The van der Waals surface area contributed by atoms with Crippen LogP contribution in [0.25, 0.3) is 34.2 Å². The van der Waals surface area contributed by atoms with Crippen molar-refractivity contribution >= 4 is 56.8 Å².